The van der Waals surface area contributed by atoms with E-state index in [9.17, 15) is 4.79 Å². The molecule has 0 N–H and O–H groups in total. The molecule has 1 unspecified atom stereocenters. The molecular weight excluding hydrogens is 162 g/mol. The molecule has 76 valence electrons. The van der Waals surface area contributed by atoms with Crippen LogP contribution in [0, 0.1) is 5.92 Å². The molecular formula is C11H21NO. The highest BCUT2D eigenvalue weighted by molar-refractivity contribution is 5.75. The van der Waals surface area contributed by atoms with Crippen LogP contribution in [0.1, 0.15) is 40.0 Å². The van der Waals surface area contributed by atoms with Crippen molar-refractivity contribution in [1.29, 1.82) is 0 Å². The van der Waals surface area contributed by atoms with Crippen molar-refractivity contribution in [3.05, 3.63) is 0 Å². The second-order valence-electron chi connectivity index (χ2n) is 4.50. The highest BCUT2D eigenvalue weighted by atomic mass is 16.1. The molecule has 0 radical (unpaired) electrons. The van der Waals surface area contributed by atoms with Gasteiger partial charge in [-0.1, -0.05) is 0 Å². The number of rotatable bonds is 3. The maximum Gasteiger partial charge on any atom is 0.130 e. The summed E-state index contributed by atoms with van der Waals surface area (Å²) >= 11 is 0. The molecule has 1 heterocycles. The van der Waals surface area contributed by atoms with Crippen LogP contribution in [0.15, 0.2) is 0 Å². The van der Waals surface area contributed by atoms with E-state index in [1.165, 1.54) is 19.4 Å². The van der Waals surface area contributed by atoms with Gasteiger partial charge in [0, 0.05) is 19.0 Å². The largest absolute Gasteiger partial charge is 0.301 e. The molecule has 2 nitrogen and oxygen atoms in total. The van der Waals surface area contributed by atoms with Gasteiger partial charge in [0.05, 0.1) is 0 Å². The van der Waals surface area contributed by atoms with E-state index >= 15 is 0 Å². The van der Waals surface area contributed by atoms with Crippen molar-refractivity contribution in [3.8, 4) is 0 Å². The minimum absolute atomic E-state index is 0.343. The number of carbonyl (C=O) groups is 1. The number of ketones is 1. The van der Waals surface area contributed by atoms with Crippen molar-refractivity contribution in [2.75, 3.05) is 13.1 Å². The van der Waals surface area contributed by atoms with Gasteiger partial charge in [0.25, 0.3) is 0 Å². The SMILES string of the molecule is CC(=O)CC1CCCN(C(C)C)C1. The standard InChI is InChI=1S/C11H21NO/c1-9(2)12-6-4-5-11(8-12)7-10(3)13/h9,11H,4-8H2,1-3H3. The van der Waals surface area contributed by atoms with Crippen molar-refractivity contribution in [3.63, 3.8) is 0 Å². The monoisotopic (exact) mass is 183 g/mol. The first kappa shape index (κ1) is 10.7. The number of hydrogen-bond acceptors (Lipinski definition) is 2. The summed E-state index contributed by atoms with van der Waals surface area (Å²) < 4.78 is 0. The van der Waals surface area contributed by atoms with Crippen molar-refractivity contribution >= 4 is 5.78 Å². The molecule has 13 heavy (non-hydrogen) atoms. The zero-order valence-electron chi connectivity index (χ0n) is 9.05. The van der Waals surface area contributed by atoms with E-state index in [-0.39, 0.29) is 0 Å². The highest BCUT2D eigenvalue weighted by Gasteiger charge is 2.22. The predicted octanol–water partition coefficient (Wildman–Crippen LogP) is 2.09. The zero-order chi connectivity index (χ0) is 9.84. The third-order valence-corrected chi connectivity index (χ3v) is 2.86. The molecule has 0 aromatic rings. The van der Waals surface area contributed by atoms with Crippen LogP contribution in [-0.4, -0.2) is 29.8 Å². The van der Waals surface area contributed by atoms with Crippen LogP contribution in [0.5, 0.6) is 0 Å². The molecule has 1 fully saturated rings. The second-order valence-corrected chi connectivity index (χ2v) is 4.50. The van der Waals surface area contributed by atoms with Gasteiger partial charge in [-0.25, -0.2) is 0 Å². The molecule has 1 saturated heterocycles. The van der Waals surface area contributed by atoms with Crippen molar-refractivity contribution in [2.45, 2.75) is 46.1 Å². The van der Waals surface area contributed by atoms with E-state index in [1.54, 1.807) is 6.92 Å². The maximum atomic E-state index is 11.0. The van der Waals surface area contributed by atoms with E-state index in [4.69, 9.17) is 0 Å². The smallest absolute Gasteiger partial charge is 0.130 e. The Morgan fingerprint density at radius 3 is 2.77 bits per heavy atom. The summed E-state index contributed by atoms with van der Waals surface area (Å²) in [6.07, 6.45) is 3.28. The Hall–Kier alpha value is -0.370. The molecule has 1 rings (SSSR count). The average Bonchev–Trinajstić information content (AvgIpc) is 2.03. The van der Waals surface area contributed by atoms with Crippen molar-refractivity contribution in [1.82, 2.24) is 4.90 Å². The summed E-state index contributed by atoms with van der Waals surface area (Å²) in [6.45, 7) is 8.50. The number of Topliss-reactive ketones (excluding diaryl/α,β-unsaturated/α-hetero) is 1. The molecule has 0 spiro atoms. The van der Waals surface area contributed by atoms with Gasteiger partial charge < -0.3 is 9.69 Å². The number of carbonyl (C=O) groups excluding carboxylic acids is 1. The molecule has 1 atom stereocenters. The fourth-order valence-electron chi connectivity index (χ4n) is 2.14. The van der Waals surface area contributed by atoms with Gasteiger partial charge in [-0.05, 0) is 46.1 Å². The van der Waals surface area contributed by atoms with E-state index in [0.29, 0.717) is 17.7 Å². The predicted molar refractivity (Wildman–Crippen MR) is 54.7 cm³/mol. The van der Waals surface area contributed by atoms with Gasteiger partial charge in [0.15, 0.2) is 0 Å². The summed E-state index contributed by atoms with van der Waals surface area (Å²) in [7, 11) is 0. The quantitative estimate of drug-likeness (QED) is 0.667. The van der Waals surface area contributed by atoms with E-state index in [1.807, 2.05) is 0 Å². The van der Waals surface area contributed by atoms with Gasteiger partial charge in [-0.15, -0.1) is 0 Å². The molecule has 0 aromatic carbocycles. The number of piperidine rings is 1. The third-order valence-electron chi connectivity index (χ3n) is 2.86. The van der Waals surface area contributed by atoms with Gasteiger partial charge in [-0.2, -0.15) is 0 Å². The van der Waals surface area contributed by atoms with Gasteiger partial charge in [0.1, 0.15) is 5.78 Å². The first-order valence-corrected chi connectivity index (χ1v) is 5.33. The van der Waals surface area contributed by atoms with Crippen LogP contribution in [0.2, 0.25) is 0 Å². The Kier molecular flexibility index (Phi) is 3.91. The van der Waals surface area contributed by atoms with Crippen LogP contribution >= 0.6 is 0 Å². The Bertz CT molecular complexity index is 177. The molecule has 1 aliphatic rings. The number of nitrogens with zero attached hydrogens (tertiary/aromatic N) is 1. The highest BCUT2D eigenvalue weighted by Crippen LogP contribution is 2.21. The van der Waals surface area contributed by atoms with Crippen molar-refractivity contribution < 1.29 is 4.79 Å². The Morgan fingerprint density at radius 1 is 1.54 bits per heavy atom. The normalized spacial score (nSPS) is 25.1. The lowest BCUT2D eigenvalue weighted by atomic mass is 9.92. The molecule has 1 aliphatic heterocycles. The summed E-state index contributed by atoms with van der Waals surface area (Å²) in [5.41, 5.74) is 0. The number of hydrogen-bond donors (Lipinski definition) is 0. The maximum absolute atomic E-state index is 11.0. The van der Waals surface area contributed by atoms with Crippen molar-refractivity contribution in [2.24, 2.45) is 5.92 Å². The third kappa shape index (κ3) is 3.47. The van der Waals surface area contributed by atoms with Gasteiger partial charge in [-0.3, -0.25) is 0 Å². The minimum atomic E-state index is 0.343. The first-order chi connectivity index (χ1) is 6.09. The van der Waals surface area contributed by atoms with Gasteiger partial charge in [0.2, 0.25) is 0 Å². The van der Waals surface area contributed by atoms with Crippen LogP contribution in [0.4, 0.5) is 0 Å². The zero-order valence-corrected chi connectivity index (χ0v) is 9.05. The lowest BCUT2D eigenvalue weighted by Crippen LogP contribution is -2.40. The topological polar surface area (TPSA) is 20.3 Å². The van der Waals surface area contributed by atoms with Gasteiger partial charge >= 0.3 is 0 Å². The molecule has 0 saturated carbocycles. The Balaban J connectivity index is 2.37. The summed E-state index contributed by atoms with van der Waals surface area (Å²) in [4.78, 5) is 13.5. The fourth-order valence-corrected chi connectivity index (χ4v) is 2.14. The van der Waals surface area contributed by atoms with E-state index in [0.717, 1.165) is 13.0 Å². The molecule has 0 aliphatic carbocycles. The molecule has 0 amide bonds. The summed E-state index contributed by atoms with van der Waals surface area (Å²) in [6, 6.07) is 0.634. The minimum Gasteiger partial charge on any atom is -0.301 e. The van der Waals surface area contributed by atoms with Crippen LogP contribution < -0.4 is 0 Å². The van der Waals surface area contributed by atoms with Crippen LogP contribution in [0.3, 0.4) is 0 Å². The summed E-state index contributed by atoms with van der Waals surface area (Å²) in [5.74, 6) is 0.962. The van der Waals surface area contributed by atoms with E-state index < -0.39 is 0 Å². The lowest BCUT2D eigenvalue weighted by Gasteiger charge is -2.35. The fraction of sp³-hybridized carbons (Fsp3) is 0.909. The second kappa shape index (κ2) is 4.75. The molecule has 2 heteroatoms. The van der Waals surface area contributed by atoms with Crippen LogP contribution in [-0.2, 0) is 4.79 Å². The molecule has 0 aromatic heterocycles. The van der Waals surface area contributed by atoms with Crippen LogP contribution in [0.25, 0.3) is 0 Å². The number of likely N-dealkylation sites (tertiary alicyclic amines) is 1. The Labute approximate surface area is 81.3 Å². The summed E-state index contributed by atoms with van der Waals surface area (Å²) in [5, 5.41) is 0. The molecule has 0 bridgehead atoms. The van der Waals surface area contributed by atoms with E-state index in [2.05, 4.69) is 18.7 Å². The first-order valence-electron chi connectivity index (χ1n) is 5.33. The lowest BCUT2D eigenvalue weighted by molar-refractivity contribution is -0.118. The Morgan fingerprint density at radius 2 is 2.23 bits per heavy atom. The average molecular weight is 183 g/mol.